The number of carbonyl (C=O) groups excluding carboxylic acids is 1. The molecule has 1 aliphatic heterocycles. The predicted molar refractivity (Wildman–Crippen MR) is 163 cm³/mol. The van der Waals surface area contributed by atoms with Crippen molar-refractivity contribution in [1.29, 1.82) is 0 Å². The molecule has 2 unspecified atom stereocenters. The van der Waals surface area contributed by atoms with Gasteiger partial charge in [0.15, 0.2) is 5.78 Å². The van der Waals surface area contributed by atoms with E-state index in [-0.39, 0.29) is 22.3 Å². The SMILES string of the molecule is CC(C)C1=C2[C@H]3CC[C@@H]4C5(C)CC[C@H](O)C(C)(C)[C@@H]5CCC4(C)[C@]3(C)CC[C@@]2(CC2SCCCS2)CC1=O. The van der Waals surface area contributed by atoms with Gasteiger partial charge in [-0.25, -0.2) is 0 Å². The highest BCUT2D eigenvalue weighted by Crippen LogP contribution is 2.77. The largest absolute Gasteiger partial charge is 0.393 e. The number of aliphatic hydroxyl groups excluding tert-OH is 1. The molecular weight excluding hydrogens is 505 g/mol. The Morgan fingerprint density at radius 2 is 1.58 bits per heavy atom. The Kier molecular flexibility index (Phi) is 6.89. The standard InChI is InChI=1S/C34H54O2S2/c1-21(2)28-23(35)19-34(20-27-37-17-8-18-38-27)16-15-32(6)22(29(28)34)9-10-25-31(5)13-12-26(36)30(3,4)24(31)11-14-33(25,32)7/h21-22,24-27,36H,8-20H2,1-7H3/t22-,24+,25-,26+,31?,32-,33?,34+/m1/s1. The van der Waals surface area contributed by atoms with E-state index < -0.39 is 0 Å². The molecule has 6 aliphatic rings. The summed E-state index contributed by atoms with van der Waals surface area (Å²) in [6.07, 6.45) is 13.0. The lowest BCUT2D eigenvalue weighted by Gasteiger charge is -2.72. The third kappa shape index (κ3) is 3.73. The van der Waals surface area contributed by atoms with E-state index in [1.807, 2.05) is 0 Å². The van der Waals surface area contributed by atoms with Crippen LogP contribution >= 0.6 is 23.5 Å². The van der Waals surface area contributed by atoms with Gasteiger partial charge >= 0.3 is 0 Å². The molecule has 0 bridgehead atoms. The van der Waals surface area contributed by atoms with Crippen LogP contribution in [0.3, 0.4) is 0 Å². The maximum atomic E-state index is 13.8. The molecule has 4 heteroatoms. The Morgan fingerprint density at radius 3 is 2.26 bits per heavy atom. The van der Waals surface area contributed by atoms with Crippen molar-refractivity contribution in [3.63, 3.8) is 0 Å². The number of carbonyl (C=O) groups is 1. The van der Waals surface area contributed by atoms with Gasteiger partial charge in [-0.05, 0) is 127 Å². The number of hydrogen-bond donors (Lipinski definition) is 1. The zero-order valence-electron chi connectivity index (χ0n) is 25.3. The quantitative estimate of drug-likeness (QED) is 0.375. The summed E-state index contributed by atoms with van der Waals surface area (Å²) in [5, 5.41) is 11.0. The Bertz CT molecular complexity index is 1010. The Balaban J connectivity index is 1.40. The van der Waals surface area contributed by atoms with Crippen LogP contribution < -0.4 is 0 Å². The van der Waals surface area contributed by atoms with Crippen molar-refractivity contribution >= 4 is 29.3 Å². The third-order valence-electron chi connectivity index (χ3n) is 14.0. The molecule has 0 aromatic heterocycles. The number of rotatable bonds is 3. The van der Waals surface area contributed by atoms with E-state index in [9.17, 15) is 9.90 Å². The number of fused-ring (bicyclic) bond motifs is 7. The average Bonchev–Trinajstić information content (AvgIpc) is 3.15. The van der Waals surface area contributed by atoms with Crippen LogP contribution in [0.25, 0.3) is 0 Å². The van der Waals surface area contributed by atoms with E-state index in [1.165, 1.54) is 74.9 Å². The fourth-order valence-corrected chi connectivity index (χ4v) is 15.1. The molecule has 0 aromatic rings. The summed E-state index contributed by atoms with van der Waals surface area (Å²) in [6, 6.07) is 0. The van der Waals surface area contributed by atoms with Gasteiger partial charge in [0.1, 0.15) is 0 Å². The molecule has 0 amide bonds. The molecular formula is C34H54O2S2. The lowest BCUT2D eigenvalue weighted by atomic mass is 9.33. The number of ketones is 1. The molecule has 5 aliphatic carbocycles. The Hall–Kier alpha value is 0.0700. The molecule has 8 atom stereocenters. The molecule has 2 nitrogen and oxygen atoms in total. The highest BCUT2D eigenvalue weighted by Gasteiger charge is 2.69. The Labute approximate surface area is 241 Å². The molecule has 38 heavy (non-hydrogen) atoms. The van der Waals surface area contributed by atoms with E-state index in [2.05, 4.69) is 72.0 Å². The van der Waals surface area contributed by atoms with E-state index in [4.69, 9.17) is 0 Å². The smallest absolute Gasteiger partial charge is 0.159 e. The molecule has 0 aromatic carbocycles. The maximum Gasteiger partial charge on any atom is 0.159 e. The minimum Gasteiger partial charge on any atom is -0.393 e. The molecule has 0 spiro atoms. The highest BCUT2D eigenvalue weighted by molar-refractivity contribution is 8.17. The van der Waals surface area contributed by atoms with Crippen LogP contribution in [-0.4, -0.2) is 33.1 Å². The molecule has 6 rings (SSSR count). The average molecular weight is 559 g/mol. The summed E-state index contributed by atoms with van der Waals surface area (Å²) in [5.74, 6) is 5.33. The van der Waals surface area contributed by atoms with E-state index in [1.54, 1.807) is 5.57 Å². The Morgan fingerprint density at radius 1 is 0.868 bits per heavy atom. The fourth-order valence-electron chi connectivity index (χ4n) is 11.9. The molecule has 1 heterocycles. The summed E-state index contributed by atoms with van der Waals surface area (Å²) in [7, 11) is 0. The molecule has 0 radical (unpaired) electrons. The van der Waals surface area contributed by atoms with Crippen molar-refractivity contribution in [2.75, 3.05) is 11.5 Å². The van der Waals surface area contributed by atoms with Gasteiger partial charge in [0.25, 0.3) is 0 Å². The van der Waals surface area contributed by atoms with Crippen LogP contribution in [0.1, 0.15) is 119 Å². The van der Waals surface area contributed by atoms with E-state index >= 15 is 0 Å². The van der Waals surface area contributed by atoms with Crippen LogP contribution in [0.5, 0.6) is 0 Å². The lowest BCUT2D eigenvalue weighted by molar-refractivity contribution is -0.228. The van der Waals surface area contributed by atoms with Gasteiger partial charge in [-0.1, -0.05) is 54.0 Å². The summed E-state index contributed by atoms with van der Waals surface area (Å²) < 4.78 is 0.666. The number of hydrogen-bond acceptors (Lipinski definition) is 4. The first-order valence-electron chi connectivity index (χ1n) is 16.0. The predicted octanol–water partition coefficient (Wildman–Crippen LogP) is 8.91. The molecule has 214 valence electrons. The second-order valence-corrected chi connectivity index (χ2v) is 19.0. The van der Waals surface area contributed by atoms with Crippen molar-refractivity contribution in [2.45, 2.75) is 130 Å². The van der Waals surface area contributed by atoms with E-state index in [0.717, 1.165) is 18.8 Å². The van der Waals surface area contributed by atoms with Crippen LogP contribution in [0.4, 0.5) is 0 Å². The van der Waals surface area contributed by atoms with Crippen LogP contribution in [-0.2, 0) is 4.79 Å². The first-order chi connectivity index (χ1) is 17.8. The second kappa shape index (κ2) is 9.29. The zero-order valence-corrected chi connectivity index (χ0v) is 27.0. The summed E-state index contributed by atoms with van der Waals surface area (Å²) in [5.41, 5.74) is 3.95. The lowest BCUT2D eigenvalue weighted by Crippen LogP contribution is -2.65. The number of aliphatic hydroxyl groups is 1. The van der Waals surface area contributed by atoms with E-state index in [0.29, 0.717) is 38.9 Å². The summed E-state index contributed by atoms with van der Waals surface area (Å²) in [6.45, 7) is 17.3. The minimum atomic E-state index is -0.161. The van der Waals surface area contributed by atoms with Crippen molar-refractivity contribution in [1.82, 2.24) is 0 Å². The minimum absolute atomic E-state index is 0.00828. The molecule has 4 saturated carbocycles. The van der Waals surface area contributed by atoms with Gasteiger partial charge in [0, 0.05) is 11.8 Å². The van der Waals surface area contributed by atoms with Crippen LogP contribution in [0.15, 0.2) is 11.1 Å². The van der Waals surface area contributed by atoms with Gasteiger partial charge in [0.2, 0.25) is 0 Å². The van der Waals surface area contributed by atoms with Crippen molar-refractivity contribution in [2.24, 2.45) is 50.7 Å². The maximum absolute atomic E-state index is 13.8. The van der Waals surface area contributed by atoms with Gasteiger partial charge in [-0.3, -0.25) is 4.79 Å². The van der Waals surface area contributed by atoms with Crippen molar-refractivity contribution < 1.29 is 9.90 Å². The van der Waals surface area contributed by atoms with Crippen LogP contribution in [0, 0.1) is 50.7 Å². The third-order valence-corrected chi connectivity index (χ3v) is 17.0. The number of thioether (sulfide) groups is 2. The zero-order chi connectivity index (χ0) is 27.3. The van der Waals surface area contributed by atoms with Crippen LogP contribution in [0.2, 0.25) is 0 Å². The first-order valence-corrected chi connectivity index (χ1v) is 18.1. The summed E-state index contributed by atoms with van der Waals surface area (Å²) in [4.78, 5) is 13.8. The molecule has 5 fully saturated rings. The normalized spacial score (nSPS) is 48.9. The summed E-state index contributed by atoms with van der Waals surface area (Å²) >= 11 is 4.36. The topological polar surface area (TPSA) is 37.3 Å². The highest BCUT2D eigenvalue weighted by atomic mass is 32.2. The monoisotopic (exact) mass is 558 g/mol. The molecule has 1 N–H and O–H groups in total. The first kappa shape index (κ1) is 28.2. The van der Waals surface area contributed by atoms with Crippen molar-refractivity contribution in [3.05, 3.63) is 11.1 Å². The van der Waals surface area contributed by atoms with Gasteiger partial charge < -0.3 is 5.11 Å². The number of Topliss-reactive ketones (excluding diaryl/α,β-unsaturated/α-hetero) is 1. The van der Waals surface area contributed by atoms with Gasteiger partial charge in [-0.15, -0.1) is 23.5 Å². The van der Waals surface area contributed by atoms with Crippen molar-refractivity contribution in [3.8, 4) is 0 Å². The second-order valence-electron chi connectivity index (χ2n) is 16.1. The van der Waals surface area contributed by atoms with Gasteiger partial charge in [0.05, 0.1) is 10.7 Å². The number of allylic oxidation sites excluding steroid dienone is 2. The fraction of sp³-hybridized carbons (Fsp3) is 0.912. The van der Waals surface area contributed by atoms with Gasteiger partial charge in [-0.2, -0.15) is 0 Å². The molecule has 1 saturated heterocycles.